The number of aliphatic carboxylic acids is 1. The number of non-ortho nitro benzene ring substituents is 1. The third-order valence-electron chi connectivity index (χ3n) is 3.37. The molecule has 0 unspecified atom stereocenters. The van der Waals surface area contributed by atoms with Gasteiger partial charge in [0, 0.05) is 23.1 Å². The van der Waals surface area contributed by atoms with Gasteiger partial charge in [0.1, 0.15) is 16.7 Å². The number of nitro benzene ring substituents is 1. The fourth-order valence-electron chi connectivity index (χ4n) is 2.16. The van der Waals surface area contributed by atoms with E-state index < -0.39 is 22.8 Å². The molecule has 0 aliphatic rings. The highest BCUT2D eigenvalue weighted by molar-refractivity contribution is 7.13. The third-order valence-corrected chi connectivity index (χ3v) is 4.26. The van der Waals surface area contributed by atoms with E-state index in [9.17, 15) is 24.8 Å². The summed E-state index contributed by atoms with van der Waals surface area (Å²) < 4.78 is 0. The number of hydrogen-bond acceptors (Lipinski definition) is 6. The molecule has 0 aliphatic heterocycles. The van der Waals surface area contributed by atoms with E-state index in [4.69, 9.17) is 0 Å². The number of amides is 1. The van der Waals surface area contributed by atoms with Crippen molar-refractivity contribution < 1.29 is 19.6 Å². The molecule has 132 valence electrons. The Balaban J connectivity index is 2.12. The van der Waals surface area contributed by atoms with Crippen LogP contribution in [0.4, 0.5) is 5.69 Å². The molecule has 1 amide bonds. The summed E-state index contributed by atoms with van der Waals surface area (Å²) in [6.07, 6.45) is 0.320. The van der Waals surface area contributed by atoms with Crippen LogP contribution in [0.25, 0.3) is 10.6 Å². The summed E-state index contributed by atoms with van der Waals surface area (Å²) in [5.41, 5.74) is 0.733. The van der Waals surface area contributed by atoms with E-state index in [0.717, 1.165) is 0 Å². The summed E-state index contributed by atoms with van der Waals surface area (Å²) in [6, 6.07) is 4.85. The fraction of sp³-hybridized carbons (Fsp3) is 0.312. The van der Waals surface area contributed by atoms with Crippen molar-refractivity contribution in [1.82, 2.24) is 10.3 Å². The van der Waals surface area contributed by atoms with Crippen molar-refractivity contribution in [1.29, 1.82) is 0 Å². The van der Waals surface area contributed by atoms with Crippen LogP contribution in [0.3, 0.4) is 0 Å². The number of carboxylic acids is 1. The first-order valence-electron chi connectivity index (χ1n) is 7.52. The van der Waals surface area contributed by atoms with Gasteiger partial charge < -0.3 is 10.4 Å². The summed E-state index contributed by atoms with van der Waals surface area (Å²) >= 11 is 1.21. The Bertz CT molecular complexity index is 785. The van der Waals surface area contributed by atoms with Crippen LogP contribution in [0.5, 0.6) is 0 Å². The van der Waals surface area contributed by atoms with Gasteiger partial charge in [-0.3, -0.25) is 14.9 Å². The van der Waals surface area contributed by atoms with Crippen LogP contribution < -0.4 is 5.32 Å². The van der Waals surface area contributed by atoms with Gasteiger partial charge in [0.25, 0.3) is 11.6 Å². The van der Waals surface area contributed by atoms with Crippen LogP contribution in [-0.2, 0) is 4.79 Å². The lowest BCUT2D eigenvalue weighted by atomic mass is 10.0. The molecule has 1 aromatic heterocycles. The molecule has 0 aliphatic carbocycles. The Hall–Kier alpha value is -2.81. The number of benzene rings is 1. The first-order chi connectivity index (χ1) is 11.8. The number of carboxylic acid groups (broad SMARTS) is 1. The molecule has 0 bridgehead atoms. The second-order valence-electron chi connectivity index (χ2n) is 5.84. The Morgan fingerprint density at radius 1 is 1.32 bits per heavy atom. The average molecular weight is 363 g/mol. The molecule has 1 aromatic carbocycles. The molecule has 2 rings (SSSR count). The SMILES string of the molecule is CC(C)C[C@H](NC(=O)c1csc(-c2ccc([N+](=O)[O-])cc2)n1)C(=O)O. The van der Waals surface area contributed by atoms with Gasteiger partial charge in [0.05, 0.1) is 4.92 Å². The Morgan fingerprint density at radius 3 is 2.48 bits per heavy atom. The Morgan fingerprint density at radius 2 is 1.96 bits per heavy atom. The highest BCUT2D eigenvalue weighted by atomic mass is 32.1. The summed E-state index contributed by atoms with van der Waals surface area (Å²) in [7, 11) is 0. The van der Waals surface area contributed by atoms with Gasteiger partial charge in [-0.05, 0) is 24.5 Å². The second-order valence-corrected chi connectivity index (χ2v) is 6.69. The summed E-state index contributed by atoms with van der Waals surface area (Å²) in [5, 5.41) is 24.4. The number of thiazole rings is 1. The minimum absolute atomic E-state index is 0.0312. The number of carbonyl (C=O) groups is 2. The topological polar surface area (TPSA) is 122 Å². The zero-order valence-electron chi connectivity index (χ0n) is 13.6. The van der Waals surface area contributed by atoms with Gasteiger partial charge in [-0.2, -0.15) is 0 Å². The molecule has 0 saturated carbocycles. The maximum absolute atomic E-state index is 12.2. The molecule has 0 fully saturated rings. The van der Waals surface area contributed by atoms with E-state index in [1.807, 2.05) is 13.8 Å². The zero-order valence-corrected chi connectivity index (χ0v) is 14.4. The van der Waals surface area contributed by atoms with Crippen molar-refractivity contribution in [3.05, 3.63) is 45.5 Å². The lowest BCUT2D eigenvalue weighted by Gasteiger charge is -2.15. The van der Waals surface area contributed by atoms with E-state index in [-0.39, 0.29) is 17.3 Å². The van der Waals surface area contributed by atoms with Crippen molar-refractivity contribution in [2.45, 2.75) is 26.3 Å². The Kier molecular flexibility index (Phi) is 5.81. The predicted octanol–water partition coefficient (Wildman–Crippen LogP) is 2.95. The van der Waals surface area contributed by atoms with Crippen molar-refractivity contribution in [3.63, 3.8) is 0 Å². The van der Waals surface area contributed by atoms with Crippen LogP contribution in [0.2, 0.25) is 0 Å². The molecule has 1 atom stereocenters. The van der Waals surface area contributed by atoms with Gasteiger partial charge in [-0.1, -0.05) is 13.8 Å². The van der Waals surface area contributed by atoms with E-state index in [1.54, 1.807) is 12.1 Å². The minimum atomic E-state index is -1.09. The van der Waals surface area contributed by atoms with Gasteiger partial charge in [0.15, 0.2) is 0 Å². The lowest BCUT2D eigenvalue weighted by Crippen LogP contribution is -2.41. The highest BCUT2D eigenvalue weighted by Crippen LogP contribution is 2.25. The molecule has 2 N–H and O–H groups in total. The van der Waals surface area contributed by atoms with E-state index in [0.29, 0.717) is 17.0 Å². The molecule has 2 aromatic rings. The van der Waals surface area contributed by atoms with Crippen molar-refractivity contribution >= 4 is 28.9 Å². The number of carbonyl (C=O) groups excluding carboxylic acids is 1. The number of aromatic nitrogens is 1. The number of rotatable bonds is 7. The summed E-state index contributed by atoms with van der Waals surface area (Å²) in [4.78, 5) is 37.8. The highest BCUT2D eigenvalue weighted by Gasteiger charge is 2.23. The fourth-order valence-corrected chi connectivity index (χ4v) is 2.97. The molecule has 0 spiro atoms. The standard InChI is InChI=1S/C16H17N3O5S/c1-9(2)7-12(16(21)22)17-14(20)13-8-25-15(18-13)10-3-5-11(6-4-10)19(23)24/h3-6,8-9,12H,7H2,1-2H3,(H,17,20)(H,21,22)/t12-/m0/s1. The first-order valence-corrected chi connectivity index (χ1v) is 8.40. The monoisotopic (exact) mass is 363 g/mol. The van der Waals surface area contributed by atoms with Crippen LogP contribution in [0, 0.1) is 16.0 Å². The third kappa shape index (κ3) is 4.83. The lowest BCUT2D eigenvalue weighted by molar-refractivity contribution is -0.384. The van der Waals surface area contributed by atoms with Gasteiger partial charge in [-0.25, -0.2) is 9.78 Å². The Labute approximate surface area is 147 Å². The molecule has 1 heterocycles. The van der Waals surface area contributed by atoms with Crippen molar-refractivity contribution in [2.75, 3.05) is 0 Å². The zero-order chi connectivity index (χ0) is 18.6. The smallest absolute Gasteiger partial charge is 0.326 e. The molecular formula is C16H17N3O5S. The van der Waals surface area contributed by atoms with Crippen molar-refractivity contribution in [3.8, 4) is 10.6 Å². The normalized spacial score (nSPS) is 12.0. The van der Waals surface area contributed by atoms with Crippen LogP contribution in [0.1, 0.15) is 30.8 Å². The van der Waals surface area contributed by atoms with E-state index in [2.05, 4.69) is 10.3 Å². The van der Waals surface area contributed by atoms with E-state index in [1.165, 1.54) is 28.8 Å². The molecular weight excluding hydrogens is 346 g/mol. The van der Waals surface area contributed by atoms with Gasteiger partial charge >= 0.3 is 5.97 Å². The quantitative estimate of drug-likeness (QED) is 0.576. The molecule has 25 heavy (non-hydrogen) atoms. The number of nitrogens with one attached hydrogen (secondary N) is 1. The van der Waals surface area contributed by atoms with Crippen LogP contribution in [0.15, 0.2) is 29.6 Å². The predicted molar refractivity (Wildman–Crippen MR) is 92.5 cm³/mol. The summed E-state index contributed by atoms with van der Waals surface area (Å²) in [6.45, 7) is 3.75. The maximum atomic E-state index is 12.2. The minimum Gasteiger partial charge on any atom is -0.480 e. The van der Waals surface area contributed by atoms with E-state index >= 15 is 0 Å². The summed E-state index contributed by atoms with van der Waals surface area (Å²) in [5.74, 6) is -1.53. The largest absolute Gasteiger partial charge is 0.480 e. The molecule has 0 saturated heterocycles. The first kappa shape index (κ1) is 18.5. The number of nitro groups is 1. The molecule has 0 radical (unpaired) electrons. The molecule has 8 nitrogen and oxygen atoms in total. The van der Waals surface area contributed by atoms with Crippen LogP contribution >= 0.6 is 11.3 Å². The molecule has 9 heteroatoms. The van der Waals surface area contributed by atoms with Crippen LogP contribution in [-0.4, -0.2) is 32.9 Å². The van der Waals surface area contributed by atoms with Gasteiger partial charge in [0.2, 0.25) is 0 Å². The number of nitrogens with zero attached hydrogens (tertiary/aromatic N) is 2. The number of hydrogen-bond donors (Lipinski definition) is 2. The average Bonchev–Trinajstić information content (AvgIpc) is 3.03. The maximum Gasteiger partial charge on any atom is 0.326 e. The second kappa shape index (κ2) is 7.84. The van der Waals surface area contributed by atoms with Gasteiger partial charge in [-0.15, -0.1) is 11.3 Å². The van der Waals surface area contributed by atoms with Crippen molar-refractivity contribution in [2.24, 2.45) is 5.92 Å².